The van der Waals surface area contributed by atoms with Crippen molar-refractivity contribution in [3.8, 4) is 11.1 Å². The lowest BCUT2D eigenvalue weighted by Crippen LogP contribution is -2.35. The number of nitrogens with one attached hydrogen (secondary N) is 2. The summed E-state index contributed by atoms with van der Waals surface area (Å²) in [7, 11) is 10.7. The molecule has 0 aliphatic rings. The number of rotatable bonds is 7. The van der Waals surface area contributed by atoms with Crippen LogP contribution < -0.4 is 19.6 Å². The van der Waals surface area contributed by atoms with E-state index in [4.69, 9.17) is 0 Å². The predicted octanol–water partition coefficient (Wildman–Crippen LogP) is 7.55. The fourth-order valence-corrected chi connectivity index (χ4v) is 4.64. The predicted molar refractivity (Wildman–Crippen MR) is 165 cm³/mol. The first-order valence-corrected chi connectivity index (χ1v) is 13.5. The largest absolute Gasteiger partial charge is 0.417 e. The number of nitrogens with zero attached hydrogens (tertiary/aromatic N) is 2. The normalized spacial score (nSPS) is 12.2. The number of carbonyl (C=O) groups excluding carboxylic acids is 2. The highest BCUT2D eigenvalue weighted by Crippen LogP contribution is 2.38. The molecule has 0 unspecified atom stereocenters. The molecule has 0 saturated carbocycles. The Balaban J connectivity index is 1.55. The number of quaternary nitrogens is 2. The fraction of sp³-hybridized carbons (Fsp3) is 0.212. The molecule has 0 aromatic heterocycles. The summed E-state index contributed by atoms with van der Waals surface area (Å²) >= 11 is 0. The summed E-state index contributed by atoms with van der Waals surface area (Å²) in [6.07, 6.45) is -4.80. The van der Waals surface area contributed by atoms with Crippen LogP contribution in [0.4, 0.5) is 44.7 Å². The molecule has 2 amide bonds. The van der Waals surface area contributed by atoms with Crippen LogP contribution in [0.15, 0.2) is 78.9 Å². The third kappa shape index (κ3) is 7.29. The van der Waals surface area contributed by atoms with E-state index in [1.54, 1.807) is 54.4 Å². The smallest absolute Gasteiger partial charge is 0.322 e. The second kappa shape index (κ2) is 11.8. The van der Waals surface area contributed by atoms with Crippen LogP contribution in [-0.2, 0) is 6.18 Å². The van der Waals surface area contributed by atoms with Crippen LogP contribution >= 0.6 is 0 Å². The van der Waals surface area contributed by atoms with E-state index in [1.165, 1.54) is 54.6 Å². The molecule has 230 valence electrons. The quantitative estimate of drug-likeness (QED) is 0.167. The van der Waals surface area contributed by atoms with Gasteiger partial charge in [0, 0.05) is 46.8 Å². The fourth-order valence-electron chi connectivity index (χ4n) is 4.64. The number of hydrogen-bond donors (Lipinski definition) is 2. The lowest BCUT2D eigenvalue weighted by Gasteiger charge is -2.24. The maximum absolute atomic E-state index is 14.6. The van der Waals surface area contributed by atoms with Gasteiger partial charge in [0.05, 0.1) is 47.8 Å². The number of hydrogen-bond acceptors (Lipinski definition) is 2. The highest BCUT2D eigenvalue weighted by molar-refractivity contribution is 6.05. The van der Waals surface area contributed by atoms with Crippen molar-refractivity contribution in [2.24, 2.45) is 0 Å². The molecule has 11 heteroatoms. The summed E-state index contributed by atoms with van der Waals surface area (Å²) in [5.74, 6) is -2.46. The van der Waals surface area contributed by atoms with Crippen molar-refractivity contribution in [1.82, 2.24) is 8.97 Å². The minimum absolute atomic E-state index is 0.100. The summed E-state index contributed by atoms with van der Waals surface area (Å²) in [6, 6.07) is 17.0. The molecule has 6 nitrogen and oxygen atoms in total. The van der Waals surface area contributed by atoms with Crippen LogP contribution in [0.3, 0.4) is 0 Å². The van der Waals surface area contributed by atoms with E-state index in [0.717, 1.165) is 12.1 Å². The molecule has 0 atom stereocenters. The van der Waals surface area contributed by atoms with E-state index in [1.807, 2.05) is 0 Å². The van der Waals surface area contributed by atoms with Gasteiger partial charge >= 0.3 is 6.18 Å². The van der Waals surface area contributed by atoms with Crippen molar-refractivity contribution >= 4 is 34.6 Å². The molecule has 0 aliphatic carbocycles. The first kappa shape index (κ1) is 32.3. The standard InChI is InChI=1S/C33H31F5N4O2/c1-41(2,3)29-15-12-23(18-27(29)34)39-31(43)21-9-7-20(8-10-21)25-14-11-22(17-26(25)33(36,37)38)32(44)40-24-13-16-30(28(35)19-24)42(4,5)6/h7-19H,1-6H3/p+2. The van der Waals surface area contributed by atoms with Crippen LogP contribution in [0.25, 0.3) is 11.1 Å². The Morgan fingerprint density at radius 3 is 1.43 bits per heavy atom. The summed E-state index contributed by atoms with van der Waals surface area (Å²) < 4.78 is 71.9. The first-order chi connectivity index (χ1) is 20.3. The van der Waals surface area contributed by atoms with Gasteiger partial charge in [-0.3, -0.25) is 18.6 Å². The van der Waals surface area contributed by atoms with Crippen molar-refractivity contribution in [3.63, 3.8) is 0 Å². The lowest BCUT2D eigenvalue weighted by molar-refractivity contribution is -0.137. The molecule has 2 N–H and O–H groups in total. The van der Waals surface area contributed by atoms with Crippen molar-refractivity contribution < 1.29 is 31.5 Å². The van der Waals surface area contributed by atoms with Crippen LogP contribution in [0, 0.1) is 11.6 Å². The average Bonchev–Trinajstić information content (AvgIpc) is 2.91. The Kier molecular flexibility index (Phi) is 8.68. The topological polar surface area (TPSA) is 58.2 Å². The van der Waals surface area contributed by atoms with Crippen LogP contribution in [-0.4, -0.2) is 54.1 Å². The molecule has 0 fully saturated rings. The number of alkyl halides is 3. The van der Waals surface area contributed by atoms with Gasteiger partial charge in [0.25, 0.3) is 11.8 Å². The number of halogens is 5. The Hall–Kier alpha value is -4.61. The molecule has 4 rings (SSSR count). The average molecular weight is 613 g/mol. The number of amides is 2. The van der Waals surface area contributed by atoms with Gasteiger partial charge in [-0.25, -0.2) is 8.78 Å². The zero-order valence-electron chi connectivity index (χ0n) is 25.1. The van der Waals surface area contributed by atoms with E-state index in [-0.39, 0.29) is 42.6 Å². The van der Waals surface area contributed by atoms with Crippen molar-refractivity contribution in [3.05, 3.63) is 107 Å². The Labute approximate surface area is 252 Å². The molecule has 0 radical (unpaired) electrons. The van der Waals surface area contributed by atoms with E-state index in [9.17, 15) is 31.5 Å². The highest BCUT2D eigenvalue weighted by Gasteiger charge is 2.34. The minimum atomic E-state index is -4.80. The lowest BCUT2D eigenvalue weighted by atomic mass is 9.96. The Morgan fingerprint density at radius 2 is 1.02 bits per heavy atom. The number of anilines is 2. The monoisotopic (exact) mass is 612 g/mol. The number of benzene rings is 4. The third-order valence-corrected chi connectivity index (χ3v) is 6.90. The van der Waals surface area contributed by atoms with Gasteiger partial charge < -0.3 is 10.6 Å². The van der Waals surface area contributed by atoms with Gasteiger partial charge in [0.1, 0.15) is 0 Å². The van der Waals surface area contributed by atoms with Crippen LogP contribution in [0.5, 0.6) is 0 Å². The van der Waals surface area contributed by atoms with Gasteiger partial charge in [-0.15, -0.1) is 0 Å². The van der Waals surface area contributed by atoms with Crippen molar-refractivity contribution in [1.29, 1.82) is 0 Å². The van der Waals surface area contributed by atoms with Gasteiger partial charge in [-0.2, -0.15) is 13.2 Å². The molecular formula is C33H33F5N4O2+2. The molecule has 44 heavy (non-hydrogen) atoms. The Bertz CT molecular complexity index is 1720. The van der Waals surface area contributed by atoms with Gasteiger partial charge in [0.2, 0.25) is 0 Å². The van der Waals surface area contributed by atoms with Gasteiger partial charge in [-0.1, -0.05) is 18.2 Å². The van der Waals surface area contributed by atoms with Crippen molar-refractivity contribution in [2.45, 2.75) is 6.18 Å². The maximum atomic E-state index is 14.6. The molecule has 0 heterocycles. The van der Waals surface area contributed by atoms with Crippen LogP contribution in [0.1, 0.15) is 26.3 Å². The van der Waals surface area contributed by atoms with Crippen LogP contribution in [0.2, 0.25) is 0 Å². The summed E-state index contributed by atoms with van der Waals surface area (Å²) in [6.45, 7) is 0. The third-order valence-electron chi connectivity index (χ3n) is 6.90. The zero-order valence-corrected chi connectivity index (χ0v) is 25.1. The maximum Gasteiger partial charge on any atom is 0.417 e. The second-order valence-corrected chi connectivity index (χ2v) is 12.1. The first-order valence-electron chi connectivity index (χ1n) is 13.5. The summed E-state index contributed by atoms with van der Waals surface area (Å²) in [5.41, 5.74) is -0.0688. The molecule has 0 aliphatic heterocycles. The molecule has 4 aromatic carbocycles. The van der Waals surface area contributed by atoms with E-state index >= 15 is 0 Å². The van der Waals surface area contributed by atoms with Gasteiger partial charge in [-0.05, 0) is 47.5 Å². The zero-order chi connectivity index (χ0) is 32.6. The van der Waals surface area contributed by atoms with E-state index in [2.05, 4.69) is 10.6 Å². The highest BCUT2D eigenvalue weighted by atomic mass is 19.4. The van der Waals surface area contributed by atoms with Gasteiger partial charge in [0.15, 0.2) is 23.0 Å². The summed E-state index contributed by atoms with van der Waals surface area (Å²) in [5, 5.41) is 5.04. The van der Waals surface area contributed by atoms with E-state index < -0.39 is 35.2 Å². The Morgan fingerprint density at radius 1 is 0.591 bits per heavy atom. The van der Waals surface area contributed by atoms with Crippen molar-refractivity contribution in [2.75, 3.05) is 52.9 Å². The molecular weight excluding hydrogens is 579 g/mol. The molecule has 0 bridgehead atoms. The number of carbonyl (C=O) groups is 2. The van der Waals surface area contributed by atoms with E-state index in [0.29, 0.717) is 11.4 Å². The minimum Gasteiger partial charge on any atom is -0.322 e. The molecule has 0 spiro atoms. The molecule has 4 aromatic rings. The second-order valence-electron chi connectivity index (χ2n) is 12.1. The molecule has 0 saturated heterocycles. The SMILES string of the molecule is C[N+](C)(C)c1ccc(NC(=O)c2ccc(-c3ccc(C(=O)Nc4ccc([N+](C)(C)C)c(F)c4)cc3C(F)(F)F)cc2)cc1F. The summed E-state index contributed by atoms with van der Waals surface area (Å²) in [4.78, 5) is 25.6.